The molecule has 0 unspecified atom stereocenters. The first-order valence-corrected chi connectivity index (χ1v) is 11.6. The highest BCUT2D eigenvalue weighted by Crippen LogP contribution is 2.43. The van der Waals surface area contributed by atoms with E-state index in [0.717, 1.165) is 4.68 Å². The Morgan fingerprint density at radius 1 is 1.30 bits per heavy atom. The third kappa shape index (κ3) is 3.59. The number of sulfonamides is 1. The number of halogens is 3. The lowest BCUT2D eigenvalue weighted by Crippen LogP contribution is -2.39. The van der Waals surface area contributed by atoms with Crippen molar-refractivity contribution >= 4 is 15.8 Å². The molecule has 2 aliphatic heterocycles. The number of alkyl halides is 3. The van der Waals surface area contributed by atoms with E-state index in [9.17, 15) is 21.6 Å². The van der Waals surface area contributed by atoms with Crippen LogP contribution in [0.5, 0.6) is 0 Å². The third-order valence-corrected chi connectivity index (χ3v) is 7.73. The first-order valence-electron chi connectivity index (χ1n) is 10.1. The number of anilines is 1. The Labute approximate surface area is 173 Å². The van der Waals surface area contributed by atoms with Gasteiger partial charge < -0.3 is 5.32 Å². The number of aryl methyl sites for hydroxylation is 1. The summed E-state index contributed by atoms with van der Waals surface area (Å²) in [5, 5.41) is 11.4. The molecule has 2 aromatic rings. The van der Waals surface area contributed by atoms with E-state index in [0.29, 0.717) is 38.0 Å². The summed E-state index contributed by atoms with van der Waals surface area (Å²) < 4.78 is 71.0. The van der Waals surface area contributed by atoms with Crippen molar-refractivity contribution in [1.82, 2.24) is 23.9 Å². The zero-order valence-electron chi connectivity index (χ0n) is 16.8. The maximum absolute atomic E-state index is 13.6. The Kier molecular flexibility index (Phi) is 5.33. The predicted molar refractivity (Wildman–Crippen MR) is 103 cm³/mol. The van der Waals surface area contributed by atoms with Gasteiger partial charge in [-0.15, -0.1) is 0 Å². The van der Waals surface area contributed by atoms with Gasteiger partial charge in [0.1, 0.15) is 10.7 Å². The molecule has 0 amide bonds. The molecular weight excluding hydrogens is 421 g/mol. The number of aromatic nitrogens is 4. The van der Waals surface area contributed by atoms with Crippen LogP contribution in [-0.2, 0) is 16.6 Å². The lowest BCUT2D eigenvalue weighted by Gasteiger charge is -2.32. The Bertz CT molecular complexity index is 1020. The van der Waals surface area contributed by atoms with E-state index in [1.165, 1.54) is 21.4 Å². The van der Waals surface area contributed by atoms with Gasteiger partial charge >= 0.3 is 6.18 Å². The highest BCUT2D eigenvalue weighted by Gasteiger charge is 2.47. The van der Waals surface area contributed by atoms with Gasteiger partial charge in [0, 0.05) is 31.4 Å². The topological polar surface area (TPSA) is 85.1 Å². The number of nitrogens with one attached hydrogen (secondary N) is 1. The van der Waals surface area contributed by atoms with Gasteiger partial charge in [0.2, 0.25) is 10.0 Å². The van der Waals surface area contributed by atoms with Gasteiger partial charge in [-0.3, -0.25) is 4.68 Å². The molecule has 0 spiro atoms. The largest absolute Gasteiger partial charge is 0.410 e. The fourth-order valence-corrected chi connectivity index (χ4v) is 5.83. The van der Waals surface area contributed by atoms with Crippen LogP contribution in [0.15, 0.2) is 23.4 Å². The quantitative estimate of drug-likeness (QED) is 0.762. The van der Waals surface area contributed by atoms with E-state index >= 15 is 0 Å². The normalized spacial score (nSPS) is 25.3. The molecule has 12 heteroatoms. The first kappa shape index (κ1) is 21.2. The lowest BCUT2D eigenvalue weighted by atomic mass is 10.0. The van der Waals surface area contributed by atoms with Crippen molar-refractivity contribution in [2.45, 2.75) is 75.3 Å². The molecule has 0 aromatic carbocycles. The monoisotopic (exact) mass is 446 g/mol. The first-order chi connectivity index (χ1) is 14.1. The average molecular weight is 446 g/mol. The minimum Gasteiger partial charge on any atom is -0.367 e. The molecule has 166 valence electrons. The van der Waals surface area contributed by atoms with E-state index in [-0.39, 0.29) is 23.2 Å². The summed E-state index contributed by atoms with van der Waals surface area (Å²) in [6.07, 6.45) is -0.0815. The zero-order valence-corrected chi connectivity index (χ0v) is 17.6. The summed E-state index contributed by atoms with van der Waals surface area (Å²) in [4.78, 5) is 0.0811. The molecule has 2 aromatic heterocycles. The van der Waals surface area contributed by atoms with E-state index in [4.69, 9.17) is 0 Å². The second-order valence-electron chi connectivity index (χ2n) is 7.75. The summed E-state index contributed by atoms with van der Waals surface area (Å²) in [6, 6.07) is -1.07. The third-order valence-electron chi connectivity index (χ3n) is 5.87. The Hall–Kier alpha value is -2.08. The SMILES string of the molecule is CC[C@@H]1C[C@H](C(F)(F)F)n2nc([C@H]3CCCN3S(=O)(=O)c3cnn(CC)c3)cc2N1. The molecule has 2 aliphatic rings. The van der Waals surface area contributed by atoms with E-state index in [2.05, 4.69) is 15.5 Å². The molecule has 4 rings (SSSR count). The number of fused-ring (bicyclic) bond motifs is 1. The van der Waals surface area contributed by atoms with Crippen LogP contribution in [0.2, 0.25) is 0 Å². The molecule has 30 heavy (non-hydrogen) atoms. The number of hydrogen-bond donors (Lipinski definition) is 1. The highest BCUT2D eigenvalue weighted by atomic mass is 32.2. The minimum atomic E-state index is -4.43. The van der Waals surface area contributed by atoms with Gasteiger partial charge in [-0.25, -0.2) is 13.1 Å². The number of nitrogens with zero attached hydrogens (tertiary/aromatic N) is 5. The van der Waals surface area contributed by atoms with Crippen LogP contribution in [0.4, 0.5) is 19.0 Å². The van der Waals surface area contributed by atoms with Gasteiger partial charge in [0.15, 0.2) is 6.04 Å². The van der Waals surface area contributed by atoms with Crippen molar-refractivity contribution < 1.29 is 21.6 Å². The number of hydrogen-bond acceptors (Lipinski definition) is 5. The van der Waals surface area contributed by atoms with Crippen LogP contribution >= 0.6 is 0 Å². The lowest BCUT2D eigenvalue weighted by molar-refractivity contribution is -0.173. The molecule has 0 bridgehead atoms. The maximum Gasteiger partial charge on any atom is 0.410 e. The molecule has 1 N–H and O–H groups in total. The van der Waals surface area contributed by atoms with Crippen LogP contribution in [0.25, 0.3) is 0 Å². The Morgan fingerprint density at radius 3 is 2.70 bits per heavy atom. The average Bonchev–Trinajstić information content (AvgIpc) is 3.44. The van der Waals surface area contributed by atoms with Crippen molar-refractivity contribution in [2.75, 3.05) is 11.9 Å². The summed E-state index contributed by atoms with van der Waals surface area (Å²) in [6.45, 7) is 4.52. The second-order valence-corrected chi connectivity index (χ2v) is 9.64. The molecule has 0 saturated carbocycles. The van der Waals surface area contributed by atoms with E-state index in [1.807, 2.05) is 13.8 Å². The highest BCUT2D eigenvalue weighted by molar-refractivity contribution is 7.89. The van der Waals surface area contributed by atoms with Gasteiger partial charge in [0.25, 0.3) is 0 Å². The van der Waals surface area contributed by atoms with Crippen molar-refractivity contribution in [3.8, 4) is 0 Å². The smallest absolute Gasteiger partial charge is 0.367 e. The van der Waals surface area contributed by atoms with Crippen LogP contribution in [-0.4, -0.2) is 51.0 Å². The van der Waals surface area contributed by atoms with Crippen LogP contribution in [0.3, 0.4) is 0 Å². The van der Waals surface area contributed by atoms with E-state index in [1.54, 1.807) is 6.07 Å². The van der Waals surface area contributed by atoms with Crippen molar-refractivity contribution in [2.24, 2.45) is 0 Å². The fraction of sp³-hybridized carbons (Fsp3) is 0.667. The van der Waals surface area contributed by atoms with Crippen LogP contribution in [0.1, 0.15) is 57.3 Å². The maximum atomic E-state index is 13.6. The molecular formula is C18H25F3N6O2S. The molecule has 1 fully saturated rings. The van der Waals surface area contributed by atoms with Crippen molar-refractivity contribution in [1.29, 1.82) is 0 Å². The Balaban J connectivity index is 1.68. The van der Waals surface area contributed by atoms with Gasteiger partial charge in [-0.2, -0.15) is 27.7 Å². The van der Waals surface area contributed by atoms with Crippen LogP contribution < -0.4 is 5.32 Å². The molecule has 1 saturated heterocycles. The summed E-state index contributed by atoms with van der Waals surface area (Å²) in [7, 11) is -3.83. The van der Waals surface area contributed by atoms with Crippen molar-refractivity contribution in [3.05, 3.63) is 24.2 Å². The molecule has 0 aliphatic carbocycles. The molecule has 0 radical (unpaired) electrons. The molecule has 8 nitrogen and oxygen atoms in total. The predicted octanol–water partition coefficient (Wildman–Crippen LogP) is 3.32. The van der Waals surface area contributed by atoms with Crippen LogP contribution in [0, 0.1) is 0 Å². The van der Waals surface area contributed by atoms with Crippen molar-refractivity contribution in [3.63, 3.8) is 0 Å². The second kappa shape index (κ2) is 7.56. The zero-order chi connectivity index (χ0) is 21.7. The molecule has 4 heterocycles. The minimum absolute atomic E-state index is 0.0811. The Morgan fingerprint density at radius 2 is 2.07 bits per heavy atom. The summed E-state index contributed by atoms with van der Waals surface area (Å²) >= 11 is 0. The number of rotatable bonds is 5. The van der Waals surface area contributed by atoms with Gasteiger partial charge in [-0.1, -0.05) is 6.92 Å². The standard InChI is InChI=1S/C18H25F3N6O2S/c1-3-12-8-16(18(19,20)21)27-17(23-12)9-14(24-27)15-6-5-7-26(15)30(28,29)13-10-22-25(4-2)11-13/h9-12,15-16,23H,3-8H2,1-2H3/t12-,15-,16-/m1/s1. The summed E-state index contributed by atoms with van der Waals surface area (Å²) in [5.74, 6) is 0.286. The summed E-state index contributed by atoms with van der Waals surface area (Å²) in [5.41, 5.74) is 0.340. The van der Waals surface area contributed by atoms with Gasteiger partial charge in [0.05, 0.1) is 17.9 Å². The molecule has 3 atom stereocenters. The fourth-order valence-electron chi connectivity index (χ4n) is 4.21. The van der Waals surface area contributed by atoms with Gasteiger partial charge in [-0.05, 0) is 32.6 Å². The van der Waals surface area contributed by atoms with E-state index < -0.39 is 28.3 Å².